The van der Waals surface area contributed by atoms with Gasteiger partial charge in [0.25, 0.3) is 0 Å². The Morgan fingerprint density at radius 1 is 1.48 bits per heavy atom. The molecular weight excluding hydrogens is 294 g/mol. The van der Waals surface area contributed by atoms with Crippen LogP contribution in [-0.2, 0) is 5.54 Å². The number of anilines is 1. The molecule has 6 heteroatoms. The monoisotopic (exact) mass is 315 g/mol. The zero-order valence-corrected chi connectivity index (χ0v) is 13.8. The standard InChI is InChI=1S/C17H21N3O3/c1-10-14(16(21)22)15-18-13(9-17(2,3)20(15)19-10)11-6-5-7-12(8-11)23-4/h5-8,13,18H,9H2,1-4H3,(H,21,22). The van der Waals surface area contributed by atoms with E-state index in [0.29, 0.717) is 11.5 Å². The van der Waals surface area contributed by atoms with Crippen molar-refractivity contribution in [3.05, 3.63) is 41.1 Å². The van der Waals surface area contributed by atoms with Gasteiger partial charge in [-0.25, -0.2) is 9.48 Å². The Hall–Kier alpha value is -2.50. The van der Waals surface area contributed by atoms with E-state index < -0.39 is 5.97 Å². The van der Waals surface area contributed by atoms with Crippen molar-refractivity contribution in [2.45, 2.75) is 38.8 Å². The Morgan fingerprint density at radius 2 is 2.22 bits per heavy atom. The van der Waals surface area contributed by atoms with Crippen LogP contribution in [0.25, 0.3) is 0 Å². The third kappa shape index (κ3) is 2.54. The average Bonchev–Trinajstić information content (AvgIpc) is 2.84. The minimum absolute atomic E-state index is 0.00167. The highest BCUT2D eigenvalue weighted by atomic mass is 16.5. The van der Waals surface area contributed by atoms with E-state index in [0.717, 1.165) is 17.7 Å². The normalized spacial score (nSPS) is 18.9. The number of carboxylic acid groups (broad SMARTS) is 1. The van der Waals surface area contributed by atoms with Crippen molar-refractivity contribution in [3.63, 3.8) is 0 Å². The first-order valence-corrected chi connectivity index (χ1v) is 7.57. The Morgan fingerprint density at radius 3 is 2.87 bits per heavy atom. The van der Waals surface area contributed by atoms with Gasteiger partial charge in [-0.1, -0.05) is 12.1 Å². The number of aryl methyl sites for hydroxylation is 1. The molecule has 0 amide bonds. The number of hydrogen-bond donors (Lipinski definition) is 2. The maximum Gasteiger partial charge on any atom is 0.341 e. The Balaban J connectivity index is 2.07. The molecule has 0 bridgehead atoms. The summed E-state index contributed by atoms with van der Waals surface area (Å²) < 4.78 is 7.09. The predicted molar refractivity (Wildman–Crippen MR) is 87.2 cm³/mol. The van der Waals surface area contributed by atoms with Gasteiger partial charge in [0.05, 0.1) is 24.4 Å². The lowest BCUT2D eigenvalue weighted by Gasteiger charge is -2.38. The molecule has 1 aliphatic rings. The van der Waals surface area contributed by atoms with Gasteiger partial charge in [-0.15, -0.1) is 0 Å². The lowest BCUT2D eigenvalue weighted by atomic mass is 9.89. The number of fused-ring (bicyclic) bond motifs is 1. The quantitative estimate of drug-likeness (QED) is 0.909. The predicted octanol–water partition coefficient (Wildman–Crippen LogP) is 3.19. The third-order valence-electron chi connectivity index (χ3n) is 4.36. The van der Waals surface area contributed by atoms with Crippen LogP contribution in [0.5, 0.6) is 5.75 Å². The summed E-state index contributed by atoms with van der Waals surface area (Å²) in [5.74, 6) is 0.397. The Bertz CT molecular complexity index is 764. The highest BCUT2D eigenvalue weighted by Gasteiger charge is 2.37. The minimum Gasteiger partial charge on any atom is -0.497 e. The van der Waals surface area contributed by atoms with Gasteiger partial charge in [0, 0.05) is 0 Å². The highest BCUT2D eigenvalue weighted by molar-refractivity contribution is 5.95. The first-order valence-electron chi connectivity index (χ1n) is 7.57. The largest absolute Gasteiger partial charge is 0.497 e. The van der Waals surface area contributed by atoms with Gasteiger partial charge >= 0.3 is 5.97 Å². The number of aromatic carboxylic acids is 1. The molecule has 1 aliphatic heterocycles. The molecule has 23 heavy (non-hydrogen) atoms. The van der Waals surface area contributed by atoms with E-state index in [-0.39, 0.29) is 17.1 Å². The molecule has 1 aromatic carbocycles. The summed E-state index contributed by atoms with van der Waals surface area (Å²) in [5.41, 5.74) is 1.55. The maximum atomic E-state index is 11.6. The summed E-state index contributed by atoms with van der Waals surface area (Å²) in [5, 5.41) is 17.3. The molecule has 0 spiro atoms. The Kier molecular flexibility index (Phi) is 3.55. The van der Waals surface area contributed by atoms with Crippen LogP contribution < -0.4 is 10.1 Å². The van der Waals surface area contributed by atoms with Crippen LogP contribution in [-0.4, -0.2) is 28.0 Å². The second-order valence-corrected chi connectivity index (χ2v) is 6.52. The molecule has 3 rings (SSSR count). The molecule has 2 aromatic rings. The van der Waals surface area contributed by atoms with Crippen molar-refractivity contribution < 1.29 is 14.6 Å². The second kappa shape index (κ2) is 5.30. The van der Waals surface area contributed by atoms with Gasteiger partial charge in [0.2, 0.25) is 0 Å². The van der Waals surface area contributed by atoms with Crippen molar-refractivity contribution in [2.75, 3.05) is 12.4 Å². The molecule has 122 valence electrons. The topological polar surface area (TPSA) is 76.4 Å². The van der Waals surface area contributed by atoms with Gasteiger partial charge in [0.15, 0.2) is 0 Å². The summed E-state index contributed by atoms with van der Waals surface area (Å²) in [6, 6.07) is 7.84. The van der Waals surface area contributed by atoms with Crippen molar-refractivity contribution in [1.29, 1.82) is 0 Å². The summed E-state index contributed by atoms with van der Waals surface area (Å²) in [6.07, 6.45) is 0.799. The average molecular weight is 315 g/mol. The van der Waals surface area contributed by atoms with E-state index in [4.69, 9.17) is 4.74 Å². The molecule has 0 aliphatic carbocycles. The molecule has 1 aromatic heterocycles. The first-order chi connectivity index (χ1) is 10.8. The SMILES string of the molecule is COc1cccc(C2CC(C)(C)n3nc(C)c(C(=O)O)c3N2)c1. The van der Waals surface area contributed by atoms with Gasteiger partial charge in [-0.05, 0) is 44.9 Å². The van der Waals surface area contributed by atoms with Gasteiger partial charge < -0.3 is 15.2 Å². The molecule has 0 radical (unpaired) electrons. The van der Waals surface area contributed by atoms with Crippen LogP contribution in [0.1, 0.15) is 47.9 Å². The minimum atomic E-state index is -0.960. The number of carbonyl (C=O) groups is 1. The maximum absolute atomic E-state index is 11.6. The van der Waals surface area contributed by atoms with Crippen molar-refractivity contribution in [1.82, 2.24) is 9.78 Å². The summed E-state index contributed by atoms with van der Waals surface area (Å²) in [6.45, 7) is 5.87. The molecular formula is C17H21N3O3. The van der Waals surface area contributed by atoms with Crippen LogP contribution >= 0.6 is 0 Å². The number of carboxylic acids is 1. The van der Waals surface area contributed by atoms with E-state index >= 15 is 0 Å². The number of aromatic nitrogens is 2. The lowest BCUT2D eigenvalue weighted by Crippen LogP contribution is -2.38. The smallest absolute Gasteiger partial charge is 0.341 e. The van der Waals surface area contributed by atoms with Crippen LogP contribution in [0, 0.1) is 6.92 Å². The molecule has 2 N–H and O–H groups in total. The molecule has 0 saturated heterocycles. The molecule has 0 fully saturated rings. The first kappa shape index (κ1) is 15.4. The van der Waals surface area contributed by atoms with Crippen LogP contribution in [0.15, 0.2) is 24.3 Å². The van der Waals surface area contributed by atoms with Crippen molar-refractivity contribution >= 4 is 11.8 Å². The fourth-order valence-electron chi connectivity index (χ4n) is 3.22. The number of benzene rings is 1. The summed E-state index contributed by atoms with van der Waals surface area (Å²) in [7, 11) is 1.64. The van der Waals surface area contributed by atoms with Gasteiger partial charge in [-0.2, -0.15) is 5.10 Å². The second-order valence-electron chi connectivity index (χ2n) is 6.52. The molecule has 2 heterocycles. The summed E-state index contributed by atoms with van der Waals surface area (Å²) >= 11 is 0. The fourth-order valence-corrected chi connectivity index (χ4v) is 3.22. The number of methoxy groups -OCH3 is 1. The number of ether oxygens (including phenoxy) is 1. The van der Waals surface area contributed by atoms with E-state index in [9.17, 15) is 9.90 Å². The summed E-state index contributed by atoms with van der Waals surface area (Å²) in [4.78, 5) is 11.6. The van der Waals surface area contributed by atoms with Crippen LogP contribution in [0.3, 0.4) is 0 Å². The fraction of sp³-hybridized carbons (Fsp3) is 0.412. The van der Waals surface area contributed by atoms with E-state index in [1.165, 1.54) is 0 Å². The number of nitrogens with one attached hydrogen (secondary N) is 1. The van der Waals surface area contributed by atoms with Gasteiger partial charge in [-0.3, -0.25) is 0 Å². The van der Waals surface area contributed by atoms with Crippen LogP contribution in [0.2, 0.25) is 0 Å². The number of rotatable bonds is 3. The zero-order valence-electron chi connectivity index (χ0n) is 13.8. The molecule has 1 unspecified atom stereocenters. The Labute approximate surface area is 135 Å². The highest BCUT2D eigenvalue weighted by Crippen LogP contribution is 2.41. The van der Waals surface area contributed by atoms with E-state index in [1.54, 1.807) is 18.7 Å². The lowest BCUT2D eigenvalue weighted by molar-refractivity contribution is 0.0696. The third-order valence-corrected chi connectivity index (χ3v) is 4.36. The molecule has 1 atom stereocenters. The zero-order chi connectivity index (χ0) is 16.8. The van der Waals surface area contributed by atoms with Gasteiger partial charge in [0.1, 0.15) is 17.1 Å². The molecule has 6 nitrogen and oxygen atoms in total. The van der Waals surface area contributed by atoms with E-state index in [2.05, 4.69) is 24.3 Å². The van der Waals surface area contributed by atoms with Crippen molar-refractivity contribution in [3.8, 4) is 5.75 Å². The van der Waals surface area contributed by atoms with Crippen LogP contribution in [0.4, 0.5) is 5.82 Å². The number of nitrogens with zero attached hydrogens (tertiary/aromatic N) is 2. The molecule has 0 saturated carbocycles. The van der Waals surface area contributed by atoms with E-state index in [1.807, 2.05) is 24.3 Å². The number of hydrogen-bond acceptors (Lipinski definition) is 4. The van der Waals surface area contributed by atoms with Crippen molar-refractivity contribution in [2.24, 2.45) is 0 Å².